The van der Waals surface area contributed by atoms with Crippen molar-refractivity contribution in [3.05, 3.63) is 28.8 Å². The molecule has 0 spiro atoms. The van der Waals surface area contributed by atoms with Gasteiger partial charge in [0.1, 0.15) is 0 Å². The molecule has 1 saturated heterocycles. The molecular formula is C11H12ClNO4S. The lowest BCUT2D eigenvalue weighted by molar-refractivity contribution is 0.0697. The third kappa shape index (κ3) is 2.76. The largest absolute Gasteiger partial charge is 0.478 e. The van der Waals surface area contributed by atoms with Gasteiger partial charge in [-0.05, 0) is 18.2 Å². The highest BCUT2D eigenvalue weighted by atomic mass is 35.5. The number of nitrogens with zero attached hydrogens (tertiary/aromatic N) is 1. The van der Waals surface area contributed by atoms with Gasteiger partial charge in [0.25, 0.3) is 0 Å². The molecule has 0 bridgehead atoms. The Labute approximate surface area is 110 Å². The summed E-state index contributed by atoms with van der Waals surface area (Å²) >= 11 is 5.86. The first-order chi connectivity index (χ1) is 8.39. The third-order valence-corrected chi connectivity index (χ3v) is 4.72. The van der Waals surface area contributed by atoms with Crippen LogP contribution in [0.4, 0.5) is 5.69 Å². The molecule has 0 aliphatic carbocycles. The van der Waals surface area contributed by atoms with Crippen molar-refractivity contribution in [2.24, 2.45) is 0 Å². The zero-order valence-corrected chi connectivity index (χ0v) is 11.0. The van der Waals surface area contributed by atoms with Gasteiger partial charge in [0.2, 0.25) is 0 Å². The fraction of sp³-hybridized carbons (Fsp3) is 0.364. The Morgan fingerprint density at radius 3 is 2.44 bits per heavy atom. The summed E-state index contributed by atoms with van der Waals surface area (Å²) < 4.78 is 22.7. The monoisotopic (exact) mass is 289 g/mol. The highest BCUT2D eigenvalue weighted by Crippen LogP contribution is 2.26. The second kappa shape index (κ2) is 4.78. The predicted molar refractivity (Wildman–Crippen MR) is 69.3 cm³/mol. The zero-order chi connectivity index (χ0) is 13.3. The van der Waals surface area contributed by atoms with Gasteiger partial charge in [0.15, 0.2) is 9.84 Å². The molecule has 0 atom stereocenters. The van der Waals surface area contributed by atoms with Gasteiger partial charge in [0.05, 0.1) is 22.8 Å². The Balaban J connectivity index is 2.33. The normalized spacial score (nSPS) is 18.6. The van der Waals surface area contributed by atoms with Crippen molar-refractivity contribution in [1.29, 1.82) is 0 Å². The average molecular weight is 290 g/mol. The van der Waals surface area contributed by atoms with Crippen molar-refractivity contribution < 1.29 is 18.3 Å². The lowest BCUT2D eigenvalue weighted by atomic mass is 10.1. The van der Waals surface area contributed by atoms with Crippen LogP contribution in [0.25, 0.3) is 0 Å². The summed E-state index contributed by atoms with van der Waals surface area (Å²) in [5.41, 5.74) is 0.614. The van der Waals surface area contributed by atoms with E-state index in [0.29, 0.717) is 23.8 Å². The van der Waals surface area contributed by atoms with E-state index in [9.17, 15) is 13.2 Å². The number of aromatic carboxylic acids is 1. The molecule has 1 N–H and O–H groups in total. The van der Waals surface area contributed by atoms with Gasteiger partial charge < -0.3 is 10.0 Å². The summed E-state index contributed by atoms with van der Waals surface area (Å²) in [6.45, 7) is 0.589. The Morgan fingerprint density at radius 2 is 1.89 bits per heavy atom. The first-order valence-corrected chi connectivity index (χ1v) is 7.57. The number of rotatable bonds is 2. The molecule has 7 heteroatoms. The Bertz CT molecular complexity index is 571. The van der Waals surface area contributed by atoms with Gasteiger partial charge in [-0.2, -0.15) is 0 Å². The summed E-state index contributed by atoms with van der Waals surface area (Å²) in [7, 11) is -2.99. The maximum absolute atomic E-state index is 11.3. The highest BCUT2D eigenvalue weighted by Gasteiger charge is 2.24. The maximum atomic E-state index is 11.3. The maximum Gasteiger partial charge on any atom is 0.337 e. The molecule has 98 valence electrons. The molecule has 0 saturated carbocycles. The van der Waals surface area contributed by atoms with Crippen LogP contribution in [0.1, 0.15) is 10.4 Å². The molecule has 0 amide bonds. The summed E-state index contributed by atoms with van der Waals surface area (Å²) in [6.07, 6.45) is 0. The number of carboxylic acid groups (broad SMARTS) is 1. The number of anilines is 1. The van der Waals surface area contributed by atoms with Crippen LogP contribution in [-0.2, 0) is 9.84 Å². The highest BCUT2D eigenvalue weighted by molar-refractivity contribution is 7.91. The molecule has 0 unspecified atom stereocenters. The molecule has 2 rings (SSSR count). The smallest absolute Gasteiger partial charge is 0.337 e. The van der Waals surface area contributed by atoms with E-state index in [1.807, 2.05) is 0 Å². The molecule has 0 radical (unpaired) electrons. The molecule has 1 heterocycles. The molecule has 1 aliphatic rings. The summed E-state index contributed by atoms with van der Waals surface area (Å²) in [4.78, 5) is 12.9. The van der Waals surface area contributed by atoms with E-state index >= 15 is 0 Å². The lowest BCUT2D eigenvalue weighted by Gasteiger charge is -2.29. The molecule has 1 fully saturated rings. The van der Waals surface area contributed by atoms with E-state index in [2.05, 4.69) is 0 Å². The van der Waals surface area contributed by atoms with Crippen molar-refractivity contribution >= 4 is 33.1 Å². The number of hydrogen-bond donors (Lipinski definition) is 1. The fourth-order valence-electron chi connectivity index (χ4n) is 1.90. The van der Waals surface area contributed by atoms with Crippen molar-refractivity contribution in [3.8, 4) is 0 Å². The average Bonchev–Trinajstić information content (AvgIpc) is 2.28. The van der Waals surface area contributed by atoms with Crippen LogP contribution in [0.2, 0.25) is 5.02 Å². The van der Waals surface area contributed by atoms with Crippen LogP contribution in [0.5, 0.6) is 0 Å². The molecule has 5 nitrogen and oxygen atoms in total. The van der Waals surface area contributed by atoms with E-state index in [-0.39, 0.29) is 17.1 Å². The van der Waals surface area contributed by atoms with E-state index in [4.69, 9.17) is 16.7 Å². The number of hydrogen-bond acceptors (Lipinski definition) is 4. The minimum Gasteiger partial charge on any atom is -0.478 e. The second-order valence-electron chi connectivity index (χ2n) is 4.11. The Morgan fingerprint density at radius 1 is 1.28 bits per heavy atom. The van der Waals surface area contributed by atoms with Crippen LogP contribution in [0.15, 0.2) is 18.2 Å². The zero-order valence-electron chi connectivity index (χ0n) is 9.47. The third-order valence-electron chi connectivity index (χ3n) is 2.88. The predicted octanol–water partition coefficient (Wildman–Crippen LogP) is 1.27. The van der Waals surface area contributed by atoms with Gasteiger partial charge >= 0.3 is 5.97 Å². The van der Waals surface area contributed by atoms with E-state index in [0.717, 1.165) is 0 Å². The van der Waals surface area contributed by atoms with Gasteiger partial charge in [-0.1, -0.05) is 11.6 Å². The van der Waals surface area contributed by atoms with E-state index in [1.165, 1.54) is 12.1 Å². The number of halogens is 1. The van der Waals surface area contributed by atoms with Crippen molar-refractivity contribution in [3.63, 3.8) is 0 Å². The minimum atomic E-state index is -2.99. The standard InChI is InChI=1S/C11H12ClNO4S/c12-8-1-2-9(11(14)15)10(7-8)13-3-5-18(16,17)6-4-13/h1-2,7H,3-6H2,(H,14,15). The second-order valence-corrected chi connectivity index (χ2v) is 6.85. The van der Waals surface area contributed by atoms with Gasteiger partial charge in [0, 0.05) is 18.1 Å². The number of carboxylic acids is 1. The van der Waals surface area contributed by atoms with Crippen molar-refractivity contribution in [2.45, 2.75) is 0 Å². The first-order valence-electron chi connectivity index (χ1n) is 5.37. The van der Waals surface area contributed by atoms with Crippen LogP contribution in [0.3, 0.4) is 0 Å². The number of sulfone groups is 1. The molecule has 1 aliphatic heterocycles. The van der Waals surface area contributed by atoms with E-state index in [1.54, 1.807) is 11.0 Å². The Hall–Kier alpha value is -1.27. The lowest BCUT2D eigenvalue weighted by Crippen LogP contribution is -2.40. The van der Waals surface area contributed by atoms with Crippen LogP contribution < -0.4 is 4.90 Å². The van der Waals surface area contributed by atoms with Gasteiger partial charge in [-0.25, -0.2) is 13.2 Å². The Kier molecular flexibility index (Phi) is 3.49. The summed E-state index contributed by atoms with van der Waals surface area (Å²) in [6, 6.07) is 4.50. The molecular weight excluding hydrogens is 278 g/mol. The quantitative estimate of drug-likeness (QED) is 0.887. The van der Waals surface area contributed by atoms with E-state index < -0.39 is 15.8 Å². The molecule has 1 aromatic carbocycles. The van der Waals surface area contributed by atoms with Gasteiger partial charge in [-0.15, -0.1) is 0 Å². The minimum absolute atomic E-state index is 0.0403. The van der Waals surface area contributed by atoms with Crippen molar-refractivity contribution in [1.82, 2.24) is 0 Å². The van der Waals surface area contributed by atoms with Crippen LogP contribution >= 0.6 is 11.6 Å². The number of benzene rings is 1. The van der Waals surface area contributed by atoms with Crippen LogP contribution in [-0.4, -0.2) is 44.1 Å². The molecule has 0 aromatic heterocycles. The molecule has 1 aromatic rings. The first kappa shape index (κ1) is 13.2. The van der Waals surface area contributed by atoms with Crippen molar-refractivity contribution in [2.75, 3.05) is 29.5 Å². The van der Waals surface area contributed by atoms with Crippen LogP contribution in [0, 0.1) is 0 Å². The SMILES string of the molecule is O=C(O)c1ccc(Cl)cc1N1CCS(=O)(=O)CC1. The fourth-order valence-corrected chi connectivity index (χ4v) is 3.27. The number of carbonyl (C=O) groups is 1. The summed E-state index contributed by atoms with van der Waals surface area (Å²) in [5.74, 6) is -0.966. The summed E-state index contributed by atoms with van der Waals surface area (Å²) in [5, 5.41) is 9.54. The topological polar surface area (TPSA) is 74.7 Å². The van der Waals surface area contributed by atoms with Gasteiger partial charge in [-0.3, -0.25) is 0 Å². The molecule has 18 heavy (non-hydrogen) atoms.